The van der Waals surface area contributed by atoms with Gasteiger partial charge in [0.15, 0.2) is 0 Å². The van der Waals surface area contributed by atoms with Crippen LogP contribution in [-0.2, 0) is 11.2 Å². The van der Waals surface area contributed by atoms with Crippen molar-refractivity contribution in [3.05, 3.63) is 54.1 Å². The van der Waals surface area contributed by atoms with E-state index in [2.05, 4.69) is 0 Å². The Morgan fingerprint density at radius 1 is 1.00 bits per heavy atom. The molecule has 0 aliphatic rings. The molecule has 3 heteroatoms. The summed E-state index contributed by atoms with van der Waals surface area (Å²) < 4.78 is 0. The van der Waals surface area contributed by atoms with E-state index in [4.69, 9.17) is 10.8 Å². The quantitative estimate of drug-likeness (QED) is 0.543. The third kappa shape index (κ3) is 1.89. The second-order valence-electron chi connectivity index (χ2n) is 4.59. The number of rotatable bonds is 2. The second kappa shape index (κ2) is 4.28. The van der Waals surface area contributed by atoms with E-state index in [1.165, 1.54) is 0 Å². The van der Waals surface area contributed by atoms with Crippen LogP contribution < -0.4 is 5.73 Å². The van der Waals surface area contributed by atoms with Gasteiger partial charge in [0.1, 0.15) is 0 Å². The Balaban J connectivity index is 2.49. The number of carboxylic acids is 1. The Labute approximate surface area is 110 Å². The molecule has 3 aromatic rings. The van der Waals surface area contributed by atoms with E-state index in [-0.39, 0.29) is 6.42 Å². The highest BCUT2D eigenvalue weighted by molar-refractivity contribution is 6.07. The molecular formula is C16H13NO2. The largest absolute Gasteiger partial charge is 0.481 e. The number of hydrogen-bond acceptors (Lipinski definition) is 2. The van der Waals surface area contributed by atoms with Crippen LogP contribution in [0.25, 0.3) is 21.5 Å². The summed E-state index contributed by atoms with van der Waals surface area (Å²) >= 11 is 0. The molecule has 0 aliphatic carbocycles. The van der Waals surface area contributed by atoms with Crippen LogP contribution in [-0.4, -0.2) is 11.1 Å². The number of hydrogen-bond donors (Lipinski definition) is 2. The maximum Gasteiger partial charge on any atom is 0.307 e. The lowest BCUT2D eigenvalue weighted by atomic mass is 9.94. The van der Waals surface area contributed by atoms with Gasteiger partial charge in [0.05, 0.1) is 6.42 Å². The molecule has 0 fully saturated rings. The van der Waals surface area contributed by atoms with Crippen LogP contribution in [0.3, 0.4) is 0 Å². The van der Waals surface area contributed by atoms with Gasteiger partial charge in [-0.2, -0.15) is 0 Å². The van der Waals surface area contributed by atoms with Gasteiger partial charge in [-0.1, -0.05) is 36.4 Å². The van der Waals surface area contributed by atoms with Crippen LogP contribution in [0.2, 0.25) is 0 Å². The molecule has 3 N–H and O–H groups in total. The number of carbonyl (C=O) groups is 1. The van der Waals surface area contributed by atoms with Crippen LogP contribution in [0.15, 0.2) is 48.5 Å². The minimum absolute atomic E-state index is 0.00130. The number of benzene rings is 3. The molecular weight excluding hydrogens is 238 g/mol. The van der Waals surface area contributed by atoms with E-state index in [0.29, 0.717) is 5.69 Å². The van der Waals surface area contributed by atoms with Gasteiger partial charge in [-0.05, 0) is 33.9 Å². The number of aliphatic carboxylic acids is 1. The summed E-state index contributed by atoms with van der Waals surface area (Å²) in [6.45, 7) is 0. The summed E-state index contributed by atoms with van der Waals surface area (Å²) in [5, 5.41) is 12.9. The first kappa shape index (κ1) is 11.5. The maximum atomic E-state index is 11.1. The average Bonchev–Trinajstić information content (AvgIpc) is 2.39. The van der Waals surface area contributed by atoms with Crippen LogP contribution >= 0.6 is 0 Å². The average molecular weight is 251 g/mol. The van der Waals surface area contributed by atoms with Crippen molar-refractivity contribution in [1.29, 1.82) is 0 Å². The summed E-state index contributed by atoms with van der Waals surface area (Å²) in [4.78, 5) is 11.1. The fourth-order valence-corrected chi connectivity index (χ4v) is 2.55. The van der Waals surface area contributed by atoms with Gasteiger partial charge in [0.25, 0.3) is 0 Å². The molecule has 0 saturated heterocycles. The third-order valence-corrected chi connectivity index (χ3v) is 3.38. The van der Waals surface area contributed by atoms with Crippen molar-refractivity contribution in [2.75, 3.05) is 5.73 Å². The minimum Gasteiger partial charge on any atom is -0.481 e. The summed E-state index contributed by atoms with van der Waals surface area (Å²) in [5.41, 5.74) is 7.50. The number of carboxylic acid groups (broad SMARTS) is 1. The van der Waals surface area contributed by atoms with Crippen molar-refractivity contribution >= 4 is 33.2 Å². The molecule has 0 aliphatic heterocycles. The molecule has 0 atom stereocenters. The zero-order valence-corrected chi connectivity index (χ0v) is 10.3. The molecule has 0 saturated carbocycles. The Hall–Kier alpha value is -2.55. The van der Waals surface area contributed by atoms with Gasteiger partial charge in [0.2, 0.25) is 0 Å². The first-order valence-electron chi connectivity index (χ1n) is 6.07. The van der Waals surface area contributed by atoms with E-state index >= 15 is 0 Å². The van der Waals surface area contributed by atoms with E-state index in [9.17, 15) is 4.79 Å². The van der Waals surface area contributed by atoms with E-state index < -0.39 is 5.97 Å². The zero-order chi connectivity index (χ0) is 13.4. The van der Waals surface area contributed by atoms with Crippen LogP contribution in [0.1, 0.15) is 5.56 Å². The van der Waals surface area contributed by atoms with Gasteiger partial charge >= 0.3 is 5.97 Å². The minimum atomic E-state index is -0.833. The van der Waals surface area contributed by atoms with Gasteiger partial charge in [-0.15, -0.1) is 0 Å². The van der Waals surface area contributed by atoms with Crippen molar-refractivity contribution in [3.63, 3.8) is 0 Å². The Bertz CT molecular complexity index is 793. The summed E-state index contributed by atoms with van der Waals surface area (Å²) in [7, 11) is 0. The van der Waals surface area contributed by atoms with Crippen molar-refractivity contribution in [2.24, 2.45) is 0 Å². The first-order chi connectivity index (χ1) is 9.16. The molecule has 0 bridgehead atoms. The van der Waals surface area contributed by atoms with Gasteiger partial charge < -0.3 is 10.8 Å². The normalized spacial score (nSPS) is 10.9. The lowest BCUT2D eigenvalue weighted by molar-refractivity contribution is -0.136. The Kier molecular flexibility index (Phi) is 2.60. The number of fused-ring (bicyclic) bond motifs is 2. The van der Waals surface area contributed by atoms with Gasteiger partial charge in [0, 0.05) is 11.1 Å². The highest BCUT2D eigenvalue weighted by Gasteiger charge is 2.11. The zero-order valence-electron chi connectivity index (χ0n) is 10.3. The predicted molar refractivity (Wildman–Crippen MR) is 77.2 cm³/mol. The molecule has 0 unspecified atom stereocenters. The van der Waals surface area contributed by atoms with Crippen LogP contribution in [0.4, 0.5) is 5.69 Å². The third-order valence-electron chi connectivity index (χ3n) is 3.38. The molecule has 94 valence electrons. The molecule has 3 aromatic carbocycles. The standard InChI is InChI=1S/C16H13NO2/c17-15-7-3-6-12-13(9-16(18)19)11-5-2-1-4-10(11)8-14(12)15/h1-8H,9,17H2,(H,18,19). The number of nitrogens with two attached hydrogens (primary N) is 1. The second-order valence-corrected chi connectivity index (χ2v) is 4.59. The molecule has 3 rings (SSSR count). The molecule has 3 nitrogen and oxygen atoms in total. The highest BCUT2D eigenvalue weighted by Crippen LogP contribution is 2.31. The van der Waals surface area contributed by atoms with Crippen molar-refractivity contribution in [2.45, 2.75) is 6.42 Å². The lowest BCUT2D eigenvalue weighted by Gasteiger charge is -2.11. The smallest absolute Gasteiger partial charge is 0.307 e. The highest BCUT2D eigenvalue weighted by atomic mass is 16.4. The van der Waals surface area contributed by atoms with Crippen molar-refractivity contribution in [1.82, 2.24) is 0 Å². The lowest BCUT2D eigenvalue weighted by Crippen LogP contribution is -2.02. The molecule has 0 heterocycles. The van der Waals surface area contributed by atoms with E-state index in [1.807, 2.05) is 48.5 Å². The maximum absolute atomic E-state index is 11.1. The number of anilines is 1. The molecule has 0 spiro atoms. The molecule has 0 amide bonds. The molecule has 0 aromatic heterocycles. The topological polar surface area (TPSA) is 63.3 Å². The van der Waals surface area contributed by atoms with Crippen LogP contribution in [0, 0.1) is 0 Å². The Morgan fingerprint density at radius 2 is 1.74 bits per heavy atom. The van der Waals surface area contributed by atoms with Gasteiger partial charge in [-0.25, -0.2) is 0 Å². The van der Waals surface area contributed by atoms with Gasteiger partial charge in [-0.3, -0.25) is 4.79 Å². The predicted octanol–water partition coefficient (Wildman–Crippen LogP) is 3.20. The number of nitrogen functional groups attached to an aromatic ring is 1. The summed E-state index contributed by atoms with van der Waals surface area (Å²) in [5.74, 6) is -0.833. The van der Waals surface area contributed by atoms with Crippen molar-refractivity contribution in [3.8, 4) is 0 Å². The van der Waals surface area contributed by atoms with E-state index in [0.717, 1.165) is 27.1 Å². The summed E-state index contributed by atoms with van der Waals surface area (Å²) in [6.07, 6.45) is 0.00130. The van der Waals surface area contributed by atoms with E-state index in [1.54, 1.807) is 0 Å². The fraction of sp³-hybridized carbons (Fsp3) is 0.0625. The fourth-order valence-electron chi connectivity index (χ4n) is 2.55. The first-order valence-corrected chi connectivity index (χ1v) is 6.07. The molecule has 19 heavy (non-hydrogen) atoms. The summed E-state index contributed by atoms with van der Waals surface area (Å²) in [6, 6.07) is 15.4. The van der Waals surface area contributed by atoms with Crippen molar-refractivity contribution < 1.29 is 9.90 Å². The van der Waals surface area contributed by atoms with Crippen LogP contribution in [0.5, 0.6) is 0 Å². The Morgan fingerprint density at radius 3 is 2.53 bits per heavy atom. The SMILES string of the molecule is Nc1cccc2c(CC(=O)O)c3ccccc3cc12. The molecule has 0 radical (unpaired) electrons. The monoisotopic (exact) mass is 251 g/mol.